The number of benzene rings is 2. The number of rotatable bonds is 4. The van der Waals surface area contributed by atoms with Crippen LogP contribution in [0.3, 0.4) is 0 Å². The number of ether oxygens (including phenoxy) is 2. The molecule has 6 nitrogen and oxygen atoms in total. The normalized spacial score (nSPS) is 19.3. The average molecular weight is 487 g/mol. The molecule has 7 heteroatoms. The second-order valence-corrected chi connectivity index (χ2v) is 9.66. The molecule has 0 bridgehead atoms. The maximum Gasteiger partial charge on any atom is 0.338 e. The fourth-order valence-electron chi connectivity index (χ4n) is 4.43. The van der Waals surface area contributed by atoms with Crippen molar-refractivity contribution < 1.29 is 14.3 Å². The van der Waals surface area contributed by atoms with Gasteiger partial charge >= 0.3 is 5.97 Å². The van der Waals surface area contributed by atoms with E-state index in [4.69, 9.17) is 9.47 Å². The van der Waals surface area contributed by atoms with Gasteiger partial charge in [-0.2, -0.15) is 0 Å². The van der Waals surface area contributed by atoms with E-state index in [0.29, 0.717) is 20.6 Å². The van der Waals surface area contributed by atoms with Gasteiger partial charge in [0.2, 0.25) is 0 Å². The number of hydrogen-bond donors (Lipinski definition) is 0. The number of carbonyl (C=O) groups excluding carboxylic acids is 1. The molecule has 0 amide bonds. The molecule has 0 spiro atoms. The summed E-state index contributed by atoms with van der Waals surface area (Å²) >= 11 is 1.32. The van der Waals surface area contributed by atoms with Gasteiger partial charge in [0.1, 0.15) is 11.9 Å². The molecule has 5 rings (SSSR count). The molecule has 2 aromatic carbocycles. The molecule has 0 aliphatic carbocycles. The molecule has 2 aliphatic rings. The number of esters is 1. The van der Waals surface area contributed by atoms with E-state index in [1.54, 1.807) is 18.4 Å². The zero-order valence-corrected chi connectivity index (χ0v) is 20.9. The zero-order chi connectivity index (χ0) is 24.7. The van der Waals surface area contributed by atoms with Crippen LogP contribution < -0.4 is 19.6 Å². The minimum absolute atomic E-state index is 0.194. The van der Waals surface area contributed by atoms with Crippen LogP contribution >= 0.6 is 11.3 Å². The molecule has 3 heterocycles. The summed E-state index contributed by atoms with van der Waals surface area (Å²) in [6.07, 6.45) is 3.72. The third kappa shape index (κ3) is 4.17. The highest BCUT2D eigenvalue weighted by molar-refractivity contribution is 7.07. The molecule has 0 saturated heterocycles. The minimum Gasteiger partial charge on any atom is -0.485 e. The maximum atomic E-state index is 13.8. The number of thiazole rings is 1. The second-order valence-electron chi connectivity index (χ2n) is 8.66. The van der Waals surface area contributed by atoms with Gasteiger partial charge in [-0.05, 0) is 57.0 Å². The van der Waals surface area contributed by atoms with Crippen LogP contribution in [0.4, 0.5) is 0 Å². The lowest BCUT2D eigenvalue weighted by Crippen LogP contribution is -2.40. The smallest absolute Gasteiger partial charge is 0.338 e. The SMILES string of the molecule is CCOC(=O)C1=C(C)N=c2s/c(=C\C3=Cc4ccccc4OC3C)c(=O)n2C1c1ccc(C)cc1. The Morgan fingerprint density at radius 3 is 2.66 bits per heavy atom. The van der Waals surface area contributed by atoms with Crippen molar-refractivity contribution in [3.63, 3.8) is 0 Å². The van der Waals surface area contributed by atoms with Gasteiger partial charge in [-0.15, -0.1) is 0 Å². The first kappa shape index (κ1) is 23.1. The Bertz CT molecular complexity index is 1560. The fraction of sp³-hybridized carbons (Fsp3) is 0.250. The van der Waals surface area contributed by atoms with Gasteiger partial charge in [0.25, 0.3) is 5.56 Å². The van der Waals surface area contributed by atoms with Crippen LogP contribution in [0.25, 0.3) is 12.2 Å². The van der Waals surface area contributed by atoms with Crippen LogP contribution in [-0.2, 0) is 9.53 Å². The molecule has 0 N–H and O–H groups in total. The first-order valence-electron chi connectivity index (χ1n) is 11.6. The summed E-state index contributed by atoms with van der Waals surface area (Å²) in [6.45, 7) is 7.77. The molecule has 2 unspecified atom stereocenters. The number of para-hydroxylation sites is 1. The predicted molar refractivity (Wildman–Crippen MR) is 137 cm³/mol. The van der Waals surface area contributed by atoms with E-state index in [1.807, 2.05) is 68.5 Å². The molecule has 3 aromatic rings. The summed E-state index contributed by atoms with van der Waals surface area (Å²) < 4.78 is 13.6. The number of fused-ring (bicyclic) bond motifs is 2. The Hall–Kier alpha value is -3.71. The highest BCUT2D eigenvalue weighted by Gasteiger charge is 2.33. The molecular formula is C28H26N2O4S. The maximum absolute atomic E-state index is 13.8. The van der Waals surface area contributed by atoms with Crippen LogP contribution in [0.5, 0.6) is 5.75 Å². The molecule has 1 aromatic heterocycles. The lowest BCUT2D eigenvalue weighted by molar-refractivity contribution is -0.139. The summed E-state index contributed by atoms with van der Waals surface area (Å²) in [6, 6.07) is 15.1. The van der Waals surface area contributed by atoms with Crippen LogP contribution in [-0.4, -0.2) is 23.2 Å². The van der Waals surface area contributed by atoms with Crippen LogP contribution in [0.2, 0.25) is 0 Å². The van der Waals surface area contributed by atoms with Gasteiger partial charge in [-0.25, -0.2) is 9.79 Å². The number of nitrogens with zero attached hydrogens (tertiary/aromatic N) is 2. The number of aromatic nitrogens is 1. The van der Waals surface area contributed by atoms with Crippen molar-refractivity contribution in [3.05, 3.63) is 102 Å². The van der Waals surface area contributed by atoms with Gasteiger partial charge in [0.15, 0.2) is 4.80 Å². The Labute approximate surface area is 207 Å². The summed E-state index contributed by atoms with van der Waals surface area (Å²) in [4.78, 5) is 31.9. The van der Waals surface area contributed by atoms with Gasteiger partial charge in [0.05, 0.1) is 28.5 Å². The minimum atomic E-state index is -0.609. The van der Waals surface area contributed by atoms with Gasteiger partial charge < -0.3 is 9.47 Å². The van der Waals surface area contributed by atoms with E-state index in [-0.39, 0.29) is 18.3 Å². The van der Waals surface area contributed by atoms with E-state index in [9.17, 15) is 9.59 Å². The Morgan fingerprint density at radius 1 is 1.17 bits per heavy atom. The van der Waals surface area contributed by atoms with Gasteiger partial charge in [-0.1, -0.05) is 59.4 Å². The van der Waals surface area contributed by atoms with Crippen molar-refractivity contribution in [1.82, 2.24) is 4.57 Å². The lowest BCUT2D eigenvalue weighted by Gasteiger charge is -2.24. The second kappa shape index (κ2) is 9.15. The summed E-state index contributed by atoms with van der Waals surface area (Å²) in [7, 11) is 0. The molecule has 2 aliphatic heterocycles. The largest absolute Gasteiger partial charge is 0.485 e. The number of aryl methyl sites for hydroxylation is 1. The Balaban J connectivity index is 1.69. The zero-order valence-electron chi connectivity index (χ0n) is 20.1. The molecule has 0 saturated carbocycles. The molecule has 178 valence electrons. The molecule has 2 atom stereocenters. The molecular weight excluding hydrogens is 460 g/mol. The lowest BCUT2D eigenvalue weighted by atomic mass is 9.95. The highest BCUT2D eigenvalue weighted by Crippen LogP contribution is 2.32. The average Bonchev–Trinajstić information content (AvgIpc) is 3.13. The van der Waals surface area contributed by atoms with Gasteiger partial charge in [-0.3, -0.25) is 9.36 Å². The van der Waals surface area contributed by atoms with Crippen molar-refractivity contribution in [2.24, 2.45) is 4.99 Å². The van der Waals surface area contributed by atoms with E-state index in [0.717, 1.165) is 28.0 Å². The molecule has 0 radical (unpaired) electrons. The third-order valence-corrected chi connectivity index (χ3v) is 7.21. The summed E-state index contributed by atoms with van der Waals surface area (Å²) in [5.41, 5.74) is 4.56. The quantitative estimate of drug-likeness (QED) is 0.524. The number of carbonyl (C=O) groups is 1. The van der Waals surface area contributed by atoms with Crippen LogP contribution in [0.1, 0.15) is 43.5 Å². The Morgan fingerprint density at radius 2 is 1.91 bits per heavy atom. The Kier molecular flexibility index (Phi) is 6.03. The summed E-state index contributed by atoms with van der Waals surface area (Å²) in [5.74, 6) is 0.370. The summed E-state index contributed by atoms with van der Waals surface area (Å²) in [5, 5.41) is 0. The third-order valence-electron chi connectivity index (χ3n) is 6.22. The van der Waals surface area contributed by atoms with E-state index >= 15 is 0 Å². The topological polar surface area (TPSA) is 69.9 Å². The van der Waals surface area contributed by atoms with Crippen molar-refractivity contribution in [2.45, 2.75) is 39.8 Å². The van der Waals surface area contributed by atoms with E-state index in [1.165, 1.54) is 11.3 Å². The predicted octanol–water partition coefficient (Wildman–Crippen LogP) is 3.92. The van der Waals surface area contributed by atoms with E-state index < -0.39 is 12.0 Å². The highest BCUT2D eigenvalue weighted by atomic mass is 32.1. The molecule has 0 fully saturated rings. The van der Waals surface area contributed by atoms with E-state index in [2.05, 4.69) is 11.1 Å². The van der Waals surface area contributed by atoms with Gasteiger partial charge in [0, 0.05) is 5.56 Å². The fourth-order valence-corrected chi connectivity index (χ4v) is 5.48. The number of allylic oxidation sites excluding steroid dienone is 1. The van der Waals surface area contributed by atoms with Crippen LogP contribution in [0, 0.1) is 6.92 Å². The van der Waals surface area contributed by atoms with Crippen molar-refractivity contribution >= 4 is 29.5 Å². The first-order valence-corrected chi connectivity index (χ1v) is 12.4. The number of hydrogen-bond acceptors (Lipinski definition) is 6. The monoisotopic (exact) mass is 486 g/mol. The van der Waals surface area contributed by atoms with Crippen molar-refractivity contribution in [1.29, 1.82) is 0 Å². The van der Waals surface area contributed by atoms with Crippen molar-refractivity contribution in [2.75, 3.05) is 6.61 Å². The van der Waals surface area contributed by atoms with Crippen molar-refractivity contribution in [3.8, 4) is 5.75 Å². The molecule has 35 heavy (non-hydrogen) atoms. The standard InChI is InChI=1S/C28H26N2O4S/c1-5-33-27(32)24-17(3)29-28-30(25(24)19-12-10-16(2)11-13-19)26(31)23(35-28)15-21-14-20-8-6-7-9-22(20)34-18(21)4/h6-15,18,25H,5H2,1-4H3/b23-15-. The van der Waals surface area contributed by atoms with Crippen LogP contribution in [0.15, 0.2) is 75.2 Å². The first-order chi connectivity index (χ1) is 16.9.